The van der Waals surface area contributed by atoms with E-state index in [1.807, 2.05) is 35.0 Å². The summed E-state index contributed by atoms with van der Waals surface area (Å²) in [5, 5.41) is 13.7. The SMILES string of the molecule is COc1ccccc1CN(Cc1cc2cc(C)c(C)cc2[nH]c1=O)Cc1nnnn1C1CCCC1. The zero-order chi connectivity index (χ0) is 24.4. The van der Waals surface area contributed by atoms with Crippen molar-refractivity contribution in [3.05, 3.63) is 80.9 Å². The first-order chi connectivity index (χ1) is 17.0. The number of nitrogens with one attached hydrogen (secondary N) is 1. The number of methoxy groups -OCH3 is 1. The van der Waals surface area contributed by atoms with E-state index in [1.165, 1.54) is 18.4 Å². The van der Waals surface area contributed by atoms with Gasteiger partial charge in [0.05, 0.1) is 19.7 Å². The standard InChI is InChI=1S/C27H32N6O2/c1-18-12-21-14-22(27(34)28-24(21)13-19(18)2)16-32(15-20-8-4-7-11-25(20)35-3)17-26-29-30-31-33(26)23-9-5-6-10-23/h4,7-8,11-14,23H,5-6,9-10,15-17H2,1-3H3,(H,28,34). The fourth-order valence-electron chi connectivity index (χ4n) is 5.07. The number of aromatic amines is 1. The second-order valence-corrected chi connectivity index (χ2v) is 9.58. The molecule has 5 rings (SSSR count). The maximum Gasteiger partial charge on any atom is 0.252 e. The quantitative estimate of drug-likeness (QED) is 0.407. The highest BCUT2D eigenvalue weighted by Crippen LogP contribution is 2.30. The van der Waals surface area contributed by atoms with Gasteiger partial charge in [0.1, 0.15) is 5.75 Å². The van der Waals surface area contributed by atoms with Crippen molar-refractivity contribution in [2.75, 3.05) is 7.11 Å². The molecule has 0 radical (unpaired) electrons. The molecule has 2 heterocycles. The first-order valence-electron chi connectivity index (χ1n) is 12.3. The topological polar surface area (TPSA) is 88.9 Å². The second-order valence-electron chi connectivity index (χ2n) is 9.58. The van der Waals surface area contributed by atoms with Crippen LogP contribution in [-0.2, 0) is 19.6 Å². The molecule has 1 aliphatic rings. The van der Waals surface area contributed by atoms with Crippen LogP contribution >= 0.6 is 0 Å². The van der Waals surface area contributed by atoms with Crippen LogP contribution in [0.5, 0.6) is 5.75 Å². The molecule has 1 saturated carbocycles. The van der Waals surface area contributed by atoms with Gasteiger partial charge in [0.15, 0.2) is 5.82 Å². The zero-order valence-corrected chi connectivity index (χ0v) is 20.6. The minimum absolute atomic E-state index is 0.0684. The molecular formula is C27H32N6O2. The highest BCUT2D eigenvalue weighted by Gasteiger charge is 2.23. The molecule has 1 fully saturated rings. The summed E-state index contributed by atoms with van der Waals surface area (Å²) >= 11 is 0. The summed E-state index contributed by atoms with van der Waals surface area (Å²) in [7, 11) is 1.68. The van der Waals surface area contributed by atoms with E-state index in [0.717, 1.165) is 52.0 Å². The van der Waals surface area contributed by atoms with Gasteiger partial charge in [0.2, 0.25) is 0 Å². The normalized spacial score (nSPS) is 14.3. The fourth-order valence-corrected chi connectivity index (χ4v) is 5.07. The number of tetrazole rings is 1. The molecule has 0 amide bonds. The number of nitrogens with zero attached hydrogens (tertiary/aromatic N) is 5. The maximum absolute atomic E-state index is 13.1. The average molecular weight is 473 g/mol. The van der Waals surface area contributed by atoms with Gasteiger partial charge in [-0.15, -0.1) is 5.10 Å². The van der Waals surface area contributed by atoms with Crippen LogP contribution in [0, 0.1) is 13.8 Å². The van der Waals surface area contributed by atoms with Crippen molar-refractivity contribution >= 4 is 10.9 Å². The third-order valence-corrected chi connectivity index (χ3v) is 7.11. The van der Waals surface area contributed by atoms with Gasteiger partial charge in [-0.3, -0.25) is 9.69 Å². The Labute approximate surface area is 204 Å². The van der Waals surface area contributed by atoms with E-state index in [2.05, 4.69) is 51.4 Å². The van der Waals surface area contributed by atoms with Gasteiger partial charge in [-0.1, -0.05) is 31.0 Å². The molecule has 0 unspecified atom stereocenters. The minimum atomic E-state index is -0.0684. The van der Waals surface area contributed by atoms with Crippen LogP contribution in [0.3, 0.4) is 0 Å². The lowest BCUT2D eigenvalue weighted by Gasteiger charge is -2.23. The molecule has 8 nitrogen and oxygen atoms in total. The van der Waals surface area contributed by atoms with Crippen molar-refractivity contribution in [2.24, 2.45) is 0 Å². The van der Waals surface area contributed by atoms with Crippen LogP contribution < -0.4 is 10.3 Å². The van der Waals surface area contributed by atoms with Crippen LogP contribution in [0.2, 0.25) is 0 Å². The summed E-state index contributed by atoms with van der Waals surface area (Å²) < 4.78 is 7.59. The number of rotatable bonds is 8. The van der Waals surface area contributed by atoms with E-state index in [-0.39, 0.29) is 5.56 Å². The third-order valence-electron chi connectivity index (χ3n) is 7.11. The van der Waals surface area contributed by atoms with Crippen molar-refractivity contribution < 1.29 is 4.74 Å². The molecule has 0 bridgehead atoms. The number of hydrogen-bond donors (Lipinski definition) is 1. The number of pyridine rings is 1. The van der Waals surface area contributed by atoms with E-state index >= 15 is 0 Å². The molecule has 8 heteroatoms. The van der Waals surface area contributed by atoms with Crippen LogP contribution in [0.25, 0.3) is 10.9 Å². The smallest absolute Gasteiger partial charge is 0.252 e. The van der Waals surface area contributed by atoms with Gasteiger partial charge in [0.25, 0.3) is 5.56 Å². The fraction of sp³-hybridized carbons (Fsp3) is 0.407. The molecule has 1 N–H and O–H groups in total. The number of fused-ring (bicyclic) bond motifs is 1. The van der Waals surface area contributed by atoms with Crippen molar-refractivity contribution in [3.63, 3.8) is 0 Å². The molecule has 0 spiro atoms. The molecule has 0 aliphatic heterocycles. The van der Waals surface area contributed by atoms with E-state index < -0.39 is 0 Å². The predicted octanol–water partition coefficient (Wildman–Crippen LogP) is 4.46. The van der Waals surface area contributed by atoms with Gasteiger partial charge >= 0.3 is 0 Å². The lowest BCUT2D eigenvalue weighted by atomic mass is 10.0. The Morgan fingerprint density at radius 3 is 2.57 bits per heavy atom. The summed E-state index contributed by atoms with van der Waals surface area (Å²) in [5.41, 5.74) is 4.94. The van der Waals surface area contributed by atoms with Gasteiger partial charge in [-0.2, -0.15) is 0 Å². The van der Waals surface area contributed by atoms with E-state index in [1.54, 1.807) is 7.11 Å². The lowest BCUT2D eigenvalue weighted by molar-refractivity contribution is 0.228. The van der Waals surface area contributed by atoms with E-state index in [4.69, 9.17) is 4.74 Å². The Hall–Kier alpha value is -3.52. The predicted molar refractivity (Wildman–Crippen MR) is 135 cm³/mol. The average Bonchev–Trinajstić information content (AvgIpc) is 3.53. The number of benzene rings is 2. The van der Waals surface area contributed by atoms with Crippen LogP contribution in [0.15, 0.2) is 47.3 Å². The van der Waals surface area contributed by atoms with Gasteiger partial charge < -0.3 is 9.72 Å². The molecule has 182 valence electrons. The van der Waals surface area contributed by atoms with Gasteiger partial charge in [-0.05, 0) is 77.9 Å². The van der Waals surface area contributed by atoms with Crippen LogP contribution in [-0.4, -0.2) is 37.2 Å². The number of aryl methyl sites for hydroxylation is 2. The Bertz CT molecular complexity index is 1390. The second kappa shape index (κ2) is 10.00. The van der Waals surface area contributed by atoms with Gasteiger partial charge in [0, 0.05) is 29.7 Å². The van der Waals surface area contributed by atoms with Gasteiger partial charge in [-0.25, -0.2) is 4.68 Å². The monoisotopic (exact) mass is 472 g/mol. The first kappa shape index (κ1) is 23.2. The van der Waals surface area contributed by atoms with Crippen LogP contribution in [0.1, 0.15) is 59.8 Å². The number of para-hydroxylation sites is 1. The Morgan fingerprint density at radius 1 is 1.03 bits per heavy atom. The van der Waals surface area contributed by atoms with Crippen LogP contribution in [0.4, 0.5) is 0 Å². The molecule has 0 saturated heterocycles. The summed E-state index contributed by atoms with van der Waals surface area (Å²) in [4.78, 5) is 18.4. The molecule has 0 atom stereocenters. The minimum Gasteiger partial charge on any atom is -0.496 e. The first-order valence-corrected chi connectivity index (χ1v) is 12.3. The number of aromatic nitrogens is 5. The summed E-state index contributed by atoms with van der Waals surface area (Å²) in [6.45, 7) is 5.76. The molecule has 4 aromatic rings. The molecular weight excluding hydrogens is 440 g/mol. The zero-order valence-electron chi connectivity index (χ0n) is 20.6. The van der Waals surface area contributed by atoms with Crippen molar-refractivity contribution in [1.82, 2.24) is 30.1 Å². The maximum atomic E-state index is 13.1. The number of hydrogen-bond acceptors (Lipinski definition) is 6. The Morgan fingerprint density at radius 2 is 1.77 bits per heavy atom. The number of H-pyrrole nitrogens is 1. The largest absolute Gasteiger partial charge is 0.496 e. The molecule has 2 aromatic carbocycles. The summed E-state index contributed by atoms with van der Waals surface area (Å²) in [6, 6.07) is 14.5. The molecule has 35 heavy (non-hydrogen) atoms. The summed E-state index contributed by atoms with van der Waals surface area (Å²) in [6.07, 6.45) is 4.63. The van der Waals surface area contributed by atoms with E-state index in [9.17, 15) is 4.79 Å². The summed E-state index contributed by atoms with van der Waals surface area (Å²) in [5.74, 6) is 1.65. The van der Waals surface area contributed by atoms with E-state index in [0.29, 0.717) is 25.7 Å². The number of ether oxygens (including phenoxy) is 1. The highest BCUT2D eigenvalue weighted by atomic mass is 16.5. The Balaban J connectivity index is 1.49. The molecule has 2 aromatic heterocycles. The molecule has 1 aliphatic carbocycles. The lowest BCUT2D eigenvalue weighted by Crippen LogP contribution is -2.28. The van der Waals surface area contributed by atoms with Crippen molar-refractivity contribution in [3.8, 4) is 5.75 Å². The van der Waals surface area contributed by atoms with Crippen molar-refractivity contribution in [2.45, 2.75) is 65.2 Å². The highest BCUT2D eigenvalue weighted by molar-refractivity contribution is 5.80. The Kier molecular flexibility index (Phi) is 6.63. The third kappa shape index (κ3) is 4.98. The van der Waals surface area contributed by atoms with Crippen molar-refractivity contribution in [1.29, 1.82) is 0 Å².